The fourth-order valence-corrected chi connectivity index (χ4v) is 2.39. The summed E-state index contributed by atoms with van der Waals surface area (Å²) in [5, 5.41) is 20.2. The Hall–Kier alpha value is -2.04. The molecule has 0 bridgehead atoms. The largest absolute Gasteiger partial charge is 0.493 e. The van der Waals surface area contributed by atoms with E-state index >= 15 is 0 Å². The summed E-state index contributed by atoms with van der Waals surface area (Å²) >= 11 is 12.0. The molecule has 1 heterocycles. The van der Waals surface area contributed by atoms with Gasteiger partial charge in [-0.25, -0.2) is 0 Å². The topological polar surface area (TPSA) is 60.7 Å². The number of halogens is 2. The van der Waals surface area contributed by atoms with Gasteiger partial charge in [-0.3, -0.25) is 0 Å². The van der Waals surface area contributed by atoms with Gasteiger partial charge in [-0.15, -0.1) is 5.11 Å². The molecule has 0 amide bonds. The summed E-state index contributed by atoms with van der Waals surface area (Å²) in [5.74, 6) is -0.0457. The Bertz CT molecular complexity index is 855. The minimum Gasteiger partial charge on any atom is -0.493 e. The van der Waals surface area contributed by atoms with Crippen molar-refractivity contribution in [3.63, 3.8) is 0 Å². The first-order valence-corrected chi connectivity index (χ1v) is 6.99. The molecule has 0 aliphatic carbocycles. The average molecular weight is 320 g/mol. The molecule has 106 valence electrons. The Labute approximate surface area is 131 Å². The van der Waals surface area contributed by atoms with Crippen molar-refractivity contribution in [2.24, 2.45) is 10.2 Å². The molecule has 1 aromatic heterocycles. The molecule has 3 aromatic rings. The number of nitrogens with one attached hydrogen (secondary N) is 1. The molecule has 0 spiro atoms. The van der Waals surface area contributed by atoms with Crippen molar-refractivity contribution in [2.45, 2.75) is 6.92 Å². The number of nitrogens with zero attached hydrogens (tertiary/aromatic N) is 2. The third-order valence-corrected chi connectivity index (χ3v) is 3.86. The Kier molecular flexibility index (Phi) is 3.57. The van der Waals surface area contributed by atoms with Crippen molar-refractivity contribution in [3.05, 3.63) is 52.0 Å². The number of azo groups is 1. The molecule has 0 unspecified atom stereocenters. The summed E-state index contributed by atoms with van der Waals surface area (Å²) in [5.41, 5.74) is 2.58. The summed E-state index contributed by atoms with van der Waals surface area (Å²) in [4.78, 5) is 2.83. The van der Waals surface area contributed by atoms with E-state index in [4.69, 9.17) is 23.2 Å². The molecule has 0 aliphatic rings. The Morgan fingerprint density at radius 3 is 2.71 bits per heavy atom. The standard InChI is InChI=1S/C15H11Cl2N3O/c1-8-11(17)3-2-4-12(8)19-20-14-10-7-9(16)5-6-13(10)18-15(14)21/h2-7,18,21H,1H3. The van der Waals surface area contributed by atoms with Gasteiger partial charge >= 0.3 is 0 Å². The number of hydrogen-bond donors (Lipinski definition) is 2. The van der Waals surface area contributed by atoms with E-state index in [0.717, 1.165) is 11.1 Å². The molecule has 2 N–H and O–H groups in total. The van der Waals surface area contributed by atoms with Gasteiger partial charge in [-0.1, -0.05) is 29.3 Å². The third-order valence-electron chi connectivity index (χ3n) is 3.21. The SMILES string of the molecule is Cc1c(Cl)cccc1N=Nc1c(O)[nH]c2ccc(Cl)cc12. The molecule has 21 heavy (non-hydrogen) atoms. The van der Waals surface area contributed by atoms with Gasteiger partial charge in [0.15, 0.2) is 5.69 Å². The number of fused-ring (bicyclic) bond motifs is 1. The van der Waals surface area contributed by atoms with Crippen LogP contribution in [-0.4, -0.2) is 10.1 Å². The van der Waals surface area contributed by atoms with E-state index in [1.54, 1.807) is 30.3 Å². The second-order valence-corrected chi connectivity index (χ2v) is 5.44. The number of benzene rings is 2. The smallest absolute Gasteiger partial charge is 0.218 e. The summed E-state index contributed by atoms with van der Waals surface area (Å²) in [6, 6.07) is 10.6. The van der Waals surface area contributed by atoms with Crippen LogP contribution in [0.1, 0.15) is 5.56 Å². The lowest BCUT2D eigenvalue weighted by molar-refractivity contribution is 0.459. The molecule has 0 atom stereocenters. The lowest BCUT2D eigenvalue weighted by Gasteiger charge is -2.00. The zero-order valence-electron chi connectivity index (χ0n) is 11.1. The van der Waals surface area contributed by atoms with Crippen LogP contribution in [0.3, 0.4) is 0 Å². The van der Waals surface area contributed by atoms with Crippen molar-refractivity contribution in [3.8, 4) is 5.88 Å². The van der Waals surface area contributed by atoms with Crippen molar-refractivity contribution in [1.82, 2.24) is 4.98 Å². The highest BCUT2D eigenvalue weighted by molar-refractivity contribution is 6.32. The van der Waals surface area contributed by atoms with Gasteiger partial charge in [-0.2, -0.15) is 5.11 Å². The number of aromatic nitrogens is 1. The fourth-order valence-electron chi connectivity index (χ4n) is 2.05. The molecule has 2 aromatic carbocycles. The van der Waals surface area contributed by atoms with Crippen LogP contribution in [0.5, 0.6) is 5.88 Å². The lowest BCUT2D eigenvalue weighted by atomic mass is 10.2. The minimum atomic E-state index is -0.0457. The molecule has 0 saturated carbocycles. The predicted molar refractivity (Wildman–Crippen MR) is 85.3 cm³/mol. The van der Waals surface area contributed by atoms with Gasteiger partial charge < -0.3 is 10.1 Å². The maximum atomic E-state index is 9.95. The van der Waals surface area contributed by atoms with Gasteiger partial charge in [-0.05, 0) is 42.8 Å². The van der Waals surface area contributed by atoms with E-state index in [-0.39, 0.29) is 5.88 Å². The van der Waals surface area contributed by atoms with Gasteiger partial charge in [0.05, 0.1) is 11.2 Å². The van der Waals surface area contributed by atoms with Crippen LogP contribution in [0.25, 0.3) is 10.9 Å². The van der Waals surface area contributed by atoms with E-state index in [1.807, 2.05) is 13.0 Å². The number of aromatic amines is 1. The maximum absolute atomic E-state index is 9.95. The van der Waals surface area contributed by atoms with Crippen LogP contribution >= 0.6 is 23.2 Å². The van der Waals surface area contributed by atoms with Crippen LogP contribution in [-0.2, 0) is 0 Å². The number of hydrogen-bond acceptors (Lipinski definition) is 3. The number of H-pyrrole nitrogens is 1. The molecule has 0 aliphatic heterocycles. The second kappa shape index (κ2) is 5.39. The van der Waals surface area contributed by atoms with Crippen molar-refractivity contribution >= 4 is 45.5 Å². The summed E-state index contributed by atoms with van der Waals surface area (Å²) in [7, 11) is 0. The maximum Gasteiger partial charge on any atom is 0.218 e. The van der Waals surface area contributed by atoms with Crippen molar-refractivity contribution in [1.29, 1.82) is 0 Å². The second-order valence-electron chi connectivity index (χ2n) is 4.60. The van der Waals surface area contributed by atoms with Gasteiger partial charge in [0.1, 0.15) is 0 Å². The number of aromatic hydroxyl groups is 1. The highest BCUT2D eigenvalue weighted by Crippen LogP contribution is 2.38. The molecule has 4 nitrogen and oxygen atoms in total. The molecule has 3 rings (SSSR count). The first-order chi connectivity index (χ1) is 10.1. The summed E-state index contributed by atoms with van der Waals surface area (Å²) in [6.07, 6.45) is 0. The normalized spacial score (nSPS) is 11.6. The quantitative estimate of drug-likeness (QED) is 0.567. The lowest BCUT2D eigenvalue weighted by Crippen LogP contribution is -1.75. The summed E-state index contributed by atoms with van der Waals surface area (Å²) < 4.78 is 0. The monoisotopic (exact) mass is 319 g/mol. The molecule has 0 fully saturated rings. The van der Waals surface area contributed by atoms with Gasteiger partial charge in [0.2, 0.25) is 5.88 Å². The fraction of sp³-hybridized carbons (Fsp3) is 0.0667. The van der Waals surface area contributed by atoms with Crippen LogP contribution < -0.4 is 0 Å². The third kappa shape index (κ3) is 2.60. The first kappa shape index (κ1) is 13.9. The van der Waals surface area contributed by atoms with Gasteiger partial charge in [0.25, 0.3) is 0 Å². The zero-order chi connectivity index (χ0) is 15.0. The highest BCUT2D eigenvalue weighted by Gasteiger charge is 2.11. The highest BCUT2D eigenvalue weighted by atomic mass is 35.5. The van der Waals surface area contributed by atoms with Crippen LogP contribution in [0, 0.1) is 6.92 Å². The Morgan fingerprint density at radius 1 is 1.10 bits per heavy atom. The van der Waals surface area contributed by atoms with E-state index in [1.165, 1.54) is 0 Å². The van der Waals surface area contributed by atoms with Crippen molar-refractivity contribution < 1.29 is 5.11 Å². The van der Waals surface area contributed by atoms with E-state index in [2.05, 4.69) is 15.2 Å². The molecular formula is C15H11Cl2N3O. The molecule has 6 heteroatoms. The molecule has 0 saturated heterocycles. The van der Waals surface area contributed by atoms with E-state index in [9.17, 15) is 5.11 Å². The summed E-state index contributed by atoms with van der Waals surface area (Å²) in [6.45, 7) is 1.86. The number of rotatable bonds is 2. The Balaban J connectivity index is 2.09. The molecule has 0 radical (unpaired) electrons. The zero-order valence-corrected chi connectivity index (χ0v) is 12.6. The van der Waals surface area contributed by atoms with E-state index < -0.39 is 0 Å². The minimum absolute atomic E-state index is 0.0457. The first-order valence-electron chi connectivity index (χ1n) is 6.23. The average Bonchev–Trinajstić information content (AvgIpc) is 2.76. The van der Waals surface area contributed by atoms with E-state index in [0.29, 0.717) is 26.8 Å². The predicted octanol–water partition coefficient (Wildman–Crippen LogP) is 5.90. The van der Waals surface area contributed by atoms with Gasteiger partial charge in [0, 0.05) is 15.4 Å². The van der Waals surface area contributed by atoms with Crippen LogP contribution in [0.4, 0.5) is 11.4 Å². The van der Waals surface area contributed by atoms with Crippen molar-refractivity contribution in [2.75, 3.05) is 0 Å². The Morgan fingerprint density at radius 2 is 1.90 bits per heavy atom. The van der Waals surface area contributed by atoms with Crippen LogP contribution in [0.15, 0.2) is 46.6 Å². The van der Waals surface area contributed by atoms with Crippen LogP contribution in [0.2, 0.25) is 10.0 Å². The molecular weight excluding hydrogens is 309 g/mol.